The van der Waals surface area contributed by atoms with E-state index >= 15 is 4.57 Å². The molecule has 2 fully saturated rings. The first-order chi connectivity index (χ1) is 48.0. The molecule has 6 aromatic carbocycles. The highest BCUT2D eigenvalue weighted by atomic mass is 31.2. The molecule has 25 nitrogen and oxygen atoms in total. The summed E-state index contributed by atoms with van der Waals surface area (Å²) in [4.78, 5) is 94.3. The highest BCUT2D eigenvalue weighted by Crippen LogP contribution is 2.55. The number of hydrogen-bond donors (Lipinski definition) is 2. The van der Waals surface area contributed by atoms with Crippen LogP contribution in [-0.4, -0.2) is 118 Å². The molecule has 3 aliphatic rings. The minimum absolute atomic E-state index is 0.0540. The molecule has 0 spiro atoms. The minimum Gasteiger partial charge on any atom is -0.497 e. The maximum absolute atomic E-state index is 15.5. The van der Waals surface area contributed by atoms with Crippen molar-refractivity contribution in [2.75, 3.05) is 46.0 Å². The number of aromatic nitrogens is 6. The van der Waals surface area contributed by atoms with Gasteiger partial charge in [-0.15, -0.1) is 0 Å². The number of phosphoric acid groups is 1. The number of fused-ring (bicyclic) bond motifs is 4. The Labute approximate surface area is 568 Å². The number of rotatable bonds is 29. The molecular weight excluding hydrogens is 1290 g/mol. The zero-order valence-electron chi connectivity index (χ0n) is 54.6. The van der Waals surface area contributed by atoms with Crippen LogP contribution < -0.4 is 26.0 Å². The normalized spacial score (nSPS) is 18.6. The van der Waals surface area contributed by atoms with E-state index in [1.807, 2.05) is 84.9 Å². The van der Waals surface area contributed by atoms with Gasteiger partial charge in [0.25, 0.3) is 11.5 Å². The van der Waals surface area contributed by atoms with Crippen molar-refractivity contribution < 1.29 is 70.5 Å². The fraction of sp³-hybridized carbons (Fsp3) is 0.315. The Bertz CT molecular complexity index is 4520. The summed E-state index contributed by atoms with van der Waals surface area (Å²) in [6, 6.07) is 49.1. The van der Waals surface area contributed by atoms with E-state index in [4.69, 9.17) is 46.7 Å². The molecule has 12 rings (SSSR count). The zero-order valence-corrected chi connectivity index (χ0v) is 55.5. The van der Waals surface area contributed by atoms with Crippen molar-refractivity contribution in [1.82, 2.24) is 29.1 Å². The Morgan fingerprint density at radius 1 is 0.697 bits per heavy atom. The van der Waals surface area contributed by atoms with Crippen LogP contribution in [0, 0.1) is 18.3 Å². The van der Waals surface area contributed by atoms with E-state index in [-0.39, 0.29) is 92.0 Å². The first kappa shape index (κ1) is 68.6. The third-order valence-electron chi connectivity index (χ3n) is 17.7. The van der Waals surface area contributed by atoms with Crippen molar-refractivity contribution in [1.29, 1.82) is 5.26 Å². The van der Waals surface area contributed by atoms with Gasteiger partial charge in [0.05, 0.1) is 59.3 Å². The quantitative estimate of drug-likeness (QED) is 0.0190. The van der Waals surface area contributed by atoms with Gasteiger partial charge in [-0.25, -0.2) is 24.3 Å². The molecule has 1 amide bonds. The summed E-state index contributed by atoms with van der Waals surface area (Å²) in [5, 5.41) is 12.5. The average Bonchev–Trinajstić information content (AvgIpc) is 1.50. The lowest BCUT2D eigenvalue weighted by Gasteiger charge is -2.37. The predicted octanol–water partition coefficient (Wildman–Crippen LogP) is 10.5. The molecule has 7 atom stereocenters. The van der Waals surface area contributed by atoms with Gasteiger partial charge in [-0.2, -0.15) is 5.26 Å². The Morgan fingerprint density at radius 3 is 1.96 bits per heavy atom. The van der Waals surface area contributed by atoms with Crippen LogP contribution in [-0.2, 0) is 68.2 Å². The van der Waals surface area contributed by atoms with Gasteiger partial charge in [0, 0.05) is 48.9 Å². The molecule has 9 aromatic rings. The SMILES string of the molecule is COc1ccc(C(OC[C@H]2O[C@@H](n3cc(C)c(=O)[nH]c3=O)CC2OP(=O)(OCCC#N)OC[C@H]2O[C@@H](n3cnc4c(NC(=O)c5ccc(CCC(=O)OCC6c7ccccc7-c7ccccc76)cc5)ncnc43)CC2OC(=O)CCC(C)=O)(c2ccccc2)c2ccc(OC)cc2)cc1. The second kappa shape index (κ2) is 30.6. The van der Waals surface area contributed by atoms with E-state index in [0.717, 1.165) is 27.8 Å². The zero-order chi connectivity index (χ0) is 69.2. The summed E-state index contributed by atoms with van der Waals surface area (Å²) in [7, 11) is -1.79. The summed E-state index contributed by atoms with van der Waals surface area (Å²) in [5.41, 5.74) is 5.47. The number of methoxy groups -OCH3 is 2. The average molecular weight is 1360 g/mol. The lowest BCUT2D eigenvalue weighted by Crippen LogP contribution is -2.38. The van der Waals surface area contributed by atoms with E-state index in [1.54, 1.807) is 67.3 Å². The number of amides is 1. The number of H-pyrrole nitrogens is 1. The second-order valence-corrected chi connectivity index (χ2v) is 25.6. The van der Waals surface area contributed by atoms with E-state index in [1.165, 1.54) is 37.3 Å². The van der Waals surface area contributed by atoms with Crippen LogP contribution in [0.1, 0.15) is 113 Å². The number of ether oxygens (including phenoxy) is 7. The third-order valence-corrected chi connectivity index (χ3v) is 19.1. The number of anilines is 1. The summed E-state index contributed by atoms with van der Waals surface area (Å²) in [5.74, 6) is -0.655. The van der Waals surface area contributed by atoms with Gasteiger partial charge in [-0.05, 0) is 101 Å². The number of imidazole rings is 1. The van der Waals surface area contributed by atoms with Crippen molar-refractivity contribution in [3.8, 4) is 28.7 Å². The molecule has 5 heterocycles. The fourth-order valence-corrected chi connectivity index (χ4v) is 14.0. The highest BCUT2D eigenvalue weighted by Gasteiger charge is 2.48. The van der Waals surface area contributed by atoms with Crippen LogP contribution in [0.25, 0.3) is 22.3 Å². The number of aromatic amines is 1. The second-order valence-electron chi connectivity index (χ2n) is 24.0. The topological polar surface area (TPSA) is 312 Å². The highest BCUT2D eigenvalue weighted by molar-refractivity contribution is 7.48. The molecule has 26 heteroatoms. The number of carbonyl (C=O) groups excluding carboxylic acids is 4. The molecule has 2 N–H and O–H groups in total. The Morgan fingerprint density at radius 2 is 1.31 bits per heavy atom. The molecule has 1 aliphatic carbocycles. The third kappa shape index (κ3) is 15.4. The number of hydrogen-bond acceptors (Lipinski definition) is 21. The predicted molar refractivity (Wildman–Crippen MR) is 359 cm³/mol. The number of nitrogens with one attached hydrogen (secondary N) is 2. The summed E-state index contributed by atoms with van der Waals surface area (Å²) >= 11 is 0. The first-order valence-corrected chi connectivity index (χ1v) is 33.7. The monoisotopic (exact) mass is 1360 g/mol. The van der Waals surface area contributed by atoms with Crippen LogP contribution in [0.5, 0.6) is 11.5 Å². The van der Waals surface area contributed by atoms with Crippen LogP contribution >= 0.6 is 7.82 Å². The van der Waals surface area contributed by atoms with Gasteiger partial charge < -0.3 is 43.3 Å². The van der Waals surface area contributed by atoms with Gasteiger partial charge in [-0.1, -0.05) is 115 Å². The number of aryl methyl sites for hydroxylation is 2. The molecule has 0 radical (unpaired) electrons. The Hall–Kier alpha value is -10.3. The van der Waals surface area contributed by atoms with Crippen LogP contribution in [0.2, 0.25) is 0 Å². The number of esters is 2. The standard InChI is InChI=1S/C73H71N8O17P/c1-45-39-80(72(87)79-70(45)85)63-38-60(61(95-63)41-92-73(49-13-6-5-7-14-49,50-25-29-52(89-3)30-26-50)51-27-31-53(90-4)32-28-51)98-99(88,93-36-12-35-74)94-42-62-59(97-66(84)33-19-46(2)82)37-64(96-62)81-44-77-67-68(75-43-76-69(67)81)78-71(86)48-23-20-47(21-24-48)22-34-65(83)91-40-58-56-17-10-8-15-54(56)55-16-9-11-18-57(55)58/h5-11,13-18,20-21,23-32,39,43-44,58-64H,12,19,22,33-34,36-38,40-42H2,1-4H3,(H,79,85,87)(H,75,76,78,86)/t59?,60?,61-,62-,63-,64-,99?/m1/s1. The Kier molecular flexibility index (Phi) is 21.2. The van der Waals surface area contributed by atoms with Crippen molar-refractivity contribution >= 4 is 48.4 Å². The van der Waals surface area contributed by atoms with Crippen molar-refractivity contribution in [2.24, 2.45) is 0 Å². The number of carbonyl (C=O) groups is 4. The summed E-state index contributed by atoms with van der Waals surface area (Å²) in [6.45, 7) is 1.71. The van der Waals surface area contributed by atoms with Crippen molar-refractivity contribution in [3.05, 3.63) is 236 Å². The smallest absolute Gasteiger partial charge is 0.475 e. The van der Waals surface area contributed by atoms with Crippen LogP contribution in [0.3, 0.4) is 0 Å². The summed E-state index contributed by atoms with van der Waals surface area (Å²) in [6.07, 6.45) is -3.32. The molecular formula is C73H71N8O17P. The first-order valence-electron chi connectivity index (χ1n) is 32.2. The van der Waals surface area contributed by atoms with E-state index in [9.17, 15) is 34.0 Å². The number of nitrogens with zero attached hydrogens (tertiary/aromatic N) is 6. The van der Waals surface area contributed by atoms with Gasteiger partial charge in [-0.3, -0.25) is 46.9 Å². The maximum Gasteiger partial charge on any atom is 0.475 e. The molecule has 3 aromatic heterocycles. The fourth-order valence-electron chi connectivity index (χ4n) is 12.6. The van der Waals surface area contributed by atoms with E-state index in [2.05, 4.69) is 49.5 Å². The largest absolute Gasteiger partial charge is 0.497 e. The lowest BCUT2D eigenvalue weighted by molar-refractivity contribution is -0.153. The van der Waals surface area contributed by atoms with Gasteiger partial charge in [0.2, 0.25) is 0 Å². The van der Waals surface area contributed by atoms with Crippen LogP contribution in [0.4, 0.5) is 5.82 Å². The molecule has 3 unspecified atom stereocenters. The van der Waals surface area contributed by atoms with Gasteiger partial charge in [0.15, 0.2) is 17.0 Å². The molecule has 510 valence electrons. The van der Waals surface area contributed by atoms with Crippen molar-refractivity contribution in [2.45, 2.75) is 107 Å². The lowest BCUT2D eigenvalue weighted by atomic mass is 9.80. The molecule has 0 saturated carbocycles. The number of ketones is 1. The molecule has 99 heavy (non-hydrogen) atoms. The van der Waals surface area contributed by atoms with Crippen LogP contribution in [0.15, 0.2) is 180 Å². The number of phosphoric ester groups is 1. The molecule has 2 saturated heterocycles. The number of benzene rings is 6. The maximum atomic E-state index is 15.5. The molecule has 0 bridgehead atoms. The number of nitriles is 1. The Balaban J connectivity index is 0.764. The van der Waals surface area contributed by atoms with Crippen molar-refractivity contribution in [3.63, 3.8) is 0 Å². The summed E-state index contributed by atoms with van der Waals surface area (Å²) < 4.78 is 80.1. The van der Waals surface area contributed by atoms with Gasteiger partial charge >= 0.3 is 25.5 Å². The van der Waals surface area contributed by atoms with E-state index in [0.29, 0.717) is 40.2 Å². The number of Topliss-reactive ketones (excluding diaryl/α,β-unsaturated/α-hetero) is 1. The molecule has 2 aliphatic heterocycles. The minimum atomic E-state index is -4.90. The van der Waals surface area contributed by atoms with E-state index < -0.39 is 86.6 Å². The van der Waals surface area contributed by atoms with Gasteiger partial charge in [0.1, 0.15) is 72.7 Å².